The summed E-state index contributed by atoms with van der Waals surface area (Å²) in [5.74, 6) is -0.0553. The summed E-state index contributed by atoms with van der Waals surface area (Å²) in [6, 6.07) is 16.1. The van der Waals surface area contributed by atoms with Crippen LogP contribution < -0.4 is 19.6 Å². The van der Waals surface area contributed by atoms with Crippen LogP contribution in [-0.4, -0.2) is 36.9 Å². The van der Waals surface area contributed by atoms with Gasteiger partial charge in [0.2, 0.25) is 0 Å². The number of carboxylic acids is 1. The molecule has 3 rings (SSSR count). The SMILES string of the molecule is C=CCOc1ccc(C(=O)N/N=C/c2cc(Cl)ccc2OCc2ccc(C(=O)O)cc2)cc1OC. The van der Waals surface area contributed by atoms with Crippen molar-refractivity contribution < 1.29 is 28.9 Å². The molecule has 3 aromatic carbocycles. The van der Waals surface area contributed by atoms with E-state index in [0.717, 1.165) is 5.56 Å². The Kier molecular flexibility index (Phi) is 8.86. The first-order chi connectivity index (χ1) is 16.9. The summed E-state index contributed by atoms with van der Waals surface area (Å²) in [4.78, 5) is 23.5. The molecule has 0 aliphatic carbocycles. The molecule has 0 radical (unpaired) electrons. The molecule has 8 nitrogen and oxygen atoms in total. The zero-order valence-corrected chi connectivity index (χ0v) is 19.6. The number of benzene rings is 3. The van der Waals surface area contributed by atoms with Gasteiger partial charge in [-0.05, 0) is 54.1 Å². The predicted octanol–water partition coefficient (Wildman–Crippen LogP) is 4.95. The van der Waals surface area contributed by atoms with E-state index in [-0.39, 0.29) is 12.2 Å². The number of ether oxygens (including phenoxy) is 3. The van der Waals surface area contributed by atoms with E-state index < -0.39 is 11.9 Å². The molecule has 0 bridgehead atoms. The molecule has 0 aliphatic rings. The zero-order valence-electron chi connectivity index (χ0n) is 18.9. The van der Waals surface area contributed by atoms with Crippen molar-refractivity contribution in [1.82, 2.24) is 5.43 Å². The van der Waals surface area contributed by atoms with Crippen LogP contribution in [0, 0.1) is 0 Å². The number of halogens is 1. The minimum atomic E-state index is -0.994. The quantitative estimate of drug-likeness (QED) is 0.222. The van der Waals surface area contributed by atoms with E-state index in [1.165, 1.54) is 25.5 Å². The Balaban J connectivity index is 1.67. The van der Waals surface area contributed by atoms with E-state index in [1.807, 2.05) is 0 Å². The molecule has 0 unspecified atom stereocenters. The fraction of sp³-hybridized carbons (Fsp3) is 0.115. The third kappa shape index (κ3) is 7.09. The molecular formula is C26H23ClN2O6. The lowest BCUT2D eigenvalue weighted by molar-refractivity contribution is 0.0696. The summed E-state index contributed by atoms with van der Waals surface area (Å²) in [7, 11) is 1.48. The summed E-state index contributed by atoms with van der Waals surface area (Å²) in [5, 5.41) is 13.5. The van der Waals surface area contributed by atoms with Crippen molar-refractivity contribution in [3.8, 4) is 17.2 Å². The van der Waals surface area contributed by atoms with Gasteiger partial charge in [0, 0.05) is 16.1 Å². The Morgan fingerprint density at radius 1 is 1.00 bits per heavy atom. The summed E-state index contributed by atoms with van der Waals surface area (Å²) in [6.07, 6.45) is 3.03. The largest absolute Gasteiger partial charge is 0.493 e. The topological polar surface area (TPSA) is 106 Å². The van der Waals surface area contributed by atoms with Crippen molar-refractivity contribution in [1.29, 1.82) is 0 Å². The zero-order chi connectivity index (χ0) is 25.2. The highest BCUT2D eigenvalue weighted by Crippen LogP contribution is 2.28. The van der Waals surface area contributed by atoms with Gasteiger partial charge in [-0.25, -0.2) is 10.2 Å². The van der Waals surface area contributed by atoms with Crippen LogP contribution in [0.3, 0.4) is 0 Å². The van der Waals surface area contributed by atoms with Crippen molar-refractivity contribution in [2.45, 2.75) is 6.61 Å². The number of amides is 1. The highest BCUT2D eigenvalue weighted by molar-refractivity contribution is 6.30. The minimum Gasteiger partial charge on any atom is -0.493 e. The van der Waals surface area contributed by atoms with Crippen LogP contribution in [0.25, 0.3) is 0 Å². The van der Waals surface area contributed by atoms with Crippen LogP contribution in [0.15, 0.2) is 78.4 Å². The Morgan fingerprint density at radius 2 is 1.71 bits per heavy atom. The fourth-order valence-corrected chi connectivity index (χ4v) is 3.14. The van der Waals surface area contributed by atoms with Gasteiger partial charge < -0.3 is 19.3 Å². The van der Waals surface area contributed by atoms with E-state index >= 15 is 0 Å². The van der Waals surface area contributed by atoms with Gasteiger partial charge in [0.1, 0.15) is 19.0 Å². The van der Waals surface area contributed by atoms with Crippen LogP contribution in [0.2, 0.25) is 5.02 Å². The second kappa shape index (κ2) is 12.2. The lowest BCUT2D eigenvalue weighted by atomic mass is 10.1. The number of carbonyl (C=O) groups is 2. The van der Waals surface area contributed by atoms with Crippen molar-refractivity contribution in [2.75, 3.05) is 13.7 Å². The van der Waals surface area contributed by atoms with Crippen molar-refractivity contribution in [2.24, 2.45) is 5.10 Å². The molecule has 0 atom stereocenters. The number of carbonyl (C=O) groups excluding carboxylic acids is 1. The maximum Gasteiger partial charge on any atom is 0.335 e. The van der Waals surface area contributed by atoms with Gasteiger partial charge in [-0.3, -0.25) is 4.79 Å². The minimum absolute atomic E-state index is 0.195. The second-order valence-corrected chi connectivity index (χ2v) is 7.57. The number of nitrogens with zero attached hydrogens (tertiary/aromatic N) is 1. The number of hydrogen-bond donors (Lipinski definition) is 2. The summed E-state index contributed by atoms with van der Waals surface area (Å²) in [6.45, 7) is 4.11. The molecule has 1 amide bonds. The van der Waals surface area contributed by atoms with E-state index in [4.69, 9.17) is 30.9 Å². The van der Waals surface area contributed by atoms with E-state index in [2.05, 4.69) is 17.1 Å². The van der Waals surface area contributed by atoms with Gasteiger partial charge in [-0.15, -0.1) is 0 Å². The third-order valence-electron chi connectivity index (χ3n) is 4.72. The Hall–Kier alpha value is -4.30. The van der Waals surface area contributed by atoms with Gasteiger partial charge in [0.15, 0.2) is 11.5 Å². The molecule has 0 saturated carbocycles. The van der Waals surface area contributed by atoms with Crippen LogP contribution in [-0.2, 0) is 6.61 Å². The Labute approximate surface area is 207 Å². The number of rotatable bonds is 11. The van der Waals surface area contributed by atoms with Gasteiger partial charge in [0.05, 0.1) is 18.9 Å². The molecule has 2 N–H and O–H groups in total. The Morgan fingerprint density at radius 3 is 2.40 bits per heavy atom. The maximum absolute atomic E-state index is 12.5. The molecule has 3 aromatic rings. The summed E-state index contributed by atoms with van der Waals surface area (Å²) >= 11 is 6.11. The monoisotopic (exact) mass is 494 g/mol. The number of methoxy groups -OCH3 is 1. The highest BCUT2D eigenvalue weighted by atomic mass is 35.5. The first kappa shape index (κ1) is 25.3. The molecule has 35 heavy (non-hydrogen) atoms. The number of aromatic carboxylic acids is 1. The summed E-state index contributed by atoms with van der Waals surface area (Å²) in [5.41, 5.74) is 4.32. The van der Waals surface area contributed by atoms with Crippen molar-refractivity contribution in [3.63, 3.8) is 0 Å². The summed E-state index contributed by atoms with van der Waals surface area (Å²) < 4.78 is 16.6. The smallest absolute Gasteiger partial charge is 0.335 e. The molecule has 0 fully saturated rings. The molecule has 9 heteroatoms. The number of nitrogens with one attached hydrogen (secondary N) is 1. The highest BCUT2D eigenvalue weighted by Gasteiger charge is 2.11. The van der Waals surface area contributed by atoms with Gasteiger partial charge in [-0.1, -0.05) is 36.4 Å². The van der Waals surface area contributed by atoms with Gasteiger partial charge in [0.25, 0.3) is 5.91 Å². The number of carboxylic acid groups (broad SMARTS) is 1. The number of hydrazone groups is 1. The standard InChI is InChI=1S/C26H23ClN2O6/c1-3-12-34-23-10-8-19(14-24(23)33-2)25(30)29-28-15-20-13-21(27)9-11-22(20)35-16-17-4-6-18(7-5-17)26(31)32/h3-11,13-15H,1,12,16H2,2H3,(H,29,30)(H,31,32)/b28-15+. The van der Waals surface area contributed by atoms with E-state index in [9.17, 15) is 9.59 Å². The van der Waals surface area contributed by atoms with Crippen molar-refractivity contribution in [3.05, 3.63) is 101 Å². The Bertz CT molecular complexity index is 1240. The maximum atomic E-state index is 12.5. The third-order valence-corrected chi connectivity index (χ3v) is 4.95. The van der Waals surface area contributed by atoms with Crippen LogP contribution in [0.4, 0.5) is 0 Å². The lowest BCUT2D eigenvalue weighted by Gasteiger charge is -2.11. The molecule has 0 saturated heterocycles. The van der Waals surface area contributed by atoms with Crippen molar-refractivity contribution >= 4 is 29.7 Å². The van der Waals surface area contributed by atoms with Gasteiger partial charge in [-0.2, -0.15) is 5.10 Å². The van der Waals surface area contributed by atoms with E-state index in [0.29, 0.717) is 40.0 Å². The first-order valence-corrected chi connectivity index (χ1v) is 10.8. The molecule has 180 valence electrons. The molecule has 0 aliphatic heterocycles. The molecule has 0 spiro atoms. The van der Waals surface area contributed by atoms with Crippen LogP contribution in [0.5, 0.6) is 17.2 Å². The predicted molar refractivity (Wildman–Crippen MR) is 133 cm³/mol. The van der Waals surface area contributed by atoms with E-state index in [1.54, 1.807) is 54.6 Å². The average molecular weight is 495 g/mol. The number of hydrogen-bond acceptors (Lipinski definition) is 6. The van der Waals surface area contributed by atoms with Crippen LogP contribution in [0.1, 0.15) is 31.8 Å². The fourth-order valence-electron chi connectivity index (χ4n) is 2.96. The second-order valence-electron chi connectivity index (χ2n) is 7.14. The molecular weight excluding hydrogens is 472 g/mol. The molecule has 0 aromatic heterocycles. The van der Waals surface area contributed by atoms with Crippen LogP contribution >= 0.6 is 11.6 Å². The average Bonchev–Trinajstić information content (AvgIpc) is 2.87. The normalized spacial score (nSPS) is 10.6. The lowest BCUT2D eigenvalue weighted by Crippen LogP contribution is -2.17. The first-order valence-electron chi connectivity index (χ1n) is 10.4. The van der Waals surface area contributed by atoms with Gasteiger partial charge >= 0.3 is 5.97 Å². The molecule has 0 heterocycles.